The van der Waals surface area contributed by atoms with Gasteiger partial charge in [-0.2, -0.15) is 0 Å². The Morgan fingerprint density at radius 1 is 1.16 bits per heavy atom. The molecule has 6 heteroatoms. The van der Waals surface area contributed by atoms with Crippen molar-refractivity contribution in [2.24, 2.45) is 0 Å². The standard InChI is InChI=1S/C13H18N6/c1-8(2)18-12-11(14)13(17-7-16-12)19-10-6-9(3)4-5-15-10/h4-8H,14H2,1-3H3,(H2,15,16,17,18,19). The highest BCUT2D eigenvalue weighted by atomic mass is 15.1. The first kappa shape index (κ1) is 13.1. The molecule has 0 radical (unpaired) electrons. The fourth-order valence-corrected chi connectivity index (χ4v) is 1.61. The first-order valence-electron chi connectivity index (χ1n) is 6.13. The summed E-state index contributed by atoms with van der Waals surface area (Å²) in [6.45, 7) is 6.05. The van der Waals surface area contributed by atoms with Gasteiger partial charge in [0.2, 0.25) is 0 Å². The molecule has 0 fully saturated rings. The van der Waals surface area contributed by atoms with Gasteiger partial charge in [0.15, 0.2) is 11.6 Å². The average molecular weight is 258 g/mol. The van der Waals surface area contributed by atoms with Crippen molar-refractivity contribution in [2.45, 2.75) is 26.8 Å². The van der Waals surface area contributed by atoms with Crippen LogP contribution in [-0.2, 0) is 0 Å². The molecule has 4 N–H and O–H groups in total. The molecule has 6 nitrogen and oxygen atoms in total. The van der Waals surface area contributed by atoms with Crippen molar-refractivity contribution in [3.8, 4) is 0 Å². The summed E-state index contributed by atoms with van der Waals surface area (Å²) in [6, 6.07) is 4.11. The summed E-state index contributed by atoms with van der Waals surface area (Å²) in [6.07, 6.45) is 3.21. The predicted molar refractivity (Wildman–Crippen MR) is 77.5 cm³/mol. The van der Waals surface area contributed by atoms with Gasteiger partial charge in [-0.15, -0.1) is 0 Å². The van der Waals surface area contributed by atoms with Crippen molar-refractivity contribution < 1.29 is 0 Å². The van der Waals surface area contributed by atoms with Crippen LogP contribution in [0.4, 0.5) is 23.1 Å². The Morgan fingerprint density at radius 3 is 2.58 bits per heavy atom. The zero-order valence-corrected chi connectivity index (χ0v) is 11.3. The van der Waals surface area contributed by atoms with Crippen LogP contribution < -0.4 is 16.4 Å². The lowest BCUT2D eigenvalue weighted by Gasteiger charge is -2.14. The molecule has 2 aromatic heterocycles. The zero-order valence-electron chi connectivity index (χ0n) is 11.3. The van der Waals surface area contributed by atoms with E-state index < -0.39 is 0 Å². The monoisotopic (exact) mass is 258 g/mol. The number of rotatable bonds is 4. The van der Waals surface area contributed by atoms with E-state index in [2.05, 4.69) is 25.6 Å². The van der Waals surface area contributed by atoms with E-state index in [9.17, 15) is 0 Å². The van der Waals surface area contributed by atoms with Crippen LogP contribution in [0.15, 0.2) is 24.7 Å². The first-order chi connectivity index (χ1) is 9.06. The van der Waals surface area contributed by atoms with E-state index in [1.165, 1.54) is 6.33 Å². The van der Waals surface area contributed by atoms with Gasteiger partial charge >= 0.3 is 0 Å². The van der Waals surface area contributed by atoms with Gasteiger partial charge in [-0.3, -0.25) is 0 Å². The molecule has 19 heavy (non-hydrogen) atoms. The van der Waals surface area contributed by atoms with Gasteiger partial charge in [-0.1, -0.05) is 0 Å². The number of aryl methyl sites for hydroxylation is 1. The molecule has 0 aliphatic rings. The maximum absolute atomic E-state index is 6.04. The highest BCUT2D eigenvalue weighted by molar-refractivity contribution is 5.76. The van der Waals surface area contributed by atoms with Gasteiger partial charge in [-0.25, -0.2) is 15.0 Å². The van der Waals surface area contributed by atoms with Crippen LogP contribution in [0, 0.1) is 6.92 Å². The third-order valence-electron chi connectivity index (χ3n) is 2.47. The molecule has 0 aromatic carbocycles. The molecule has 2 aromatic rings. The second kappa shape index (κ2) is 5.51. The van der Waals surface area contributed by atoms with E-state index in [-0.39, 0.29) is 6.04 Å². The van der Waals surface area contributed by atoms with Gasteiger partial charge in [0.25, 0.3) is 0 Å². The lowest BCUT2D eigenvalue weighted by molar-refractivity contribution is 0.887. The van der Waals surface area contributed by atoms with E-state index in [4.69, 9.17) is 5.73 Å². The fourth-order valence-electron chi connectivity index (χ4n) is 1.61. The molecule has 0 aliphatic heterocycles. The number of nitrogens with two attached hydrogens (primary N) is 1. The molecular formula is C13H18N6. The summed E-state index contributed by atoms with van der Waals surface area (Å²) in [7, 11) is 0. The summed E-state index contributed by atoms with van der Waals surface area (Å²) in [5.74, 6) is 1.89. The Kier molecular flexibility index (Phi) is 3.79. The quantitative estimate of drug-likeness (QED) is 0.780. The third-order valence-corrected chi connectivity index (χ3v) is 2.47. The summed E-state index contributed by atoms with van der Waals surface area (Å²) in [4.78, 5) is 12.5. The number of anilines is 4. The average Bonchev–Trinajstić information content (AvgIpc) is 2.34. The van der Waals surface area contributed by atoms with E-state index in [0.717, 1.165) is 5.56 Å². The van der Waals surface area contributed by atoms with Crippen LogP contribution in [0.25, 0.3) is 0 Å². The lowest BCUT2D eigenvalue weighted by Crippen LogP contribution is -2.14. The maximum Gasteiger partial charge on any atom is 0.160 e. The van der Waals surface area contributed by atoms with Crippen molar-refractivity contribution in [1.29, 1.82) is 0 Å². The van der Waals surface area contributed by atoms with Crippen LogP contribution in [0.3, 0.4) is 0 Å². The van der Waals surface area contributed by atoms with Crippen LogP contribution in [0.1, 0.15) is 19.4 Å². The Bertz CT molecular complexity index is 567. The van der Waals surface area contributed by atoms with Crippen LogP contribution >= 0.6 is 0 Å². The summed E-state index contributed by atoms with van der Waals surface area (Å²) >= 11 is 0. The minimum absolute atomic E-state index is 0.252. The highest BCUT2D eigenvalue weighted by Crippen LogP contribution is 2.25. The highest BCUT2D eigenvalue weighted by Gasteiger charge is 2.09. The smallest absolute Gasteiger partial charge is 0.160 e. The van der Waals surface area contributed by atoms with Gasteiger partial charge in [-0.05, 0) is 38.5 Å². The second-order valence-corrected chi connectivity index (χ2v) is 4.63. The Hall–Kier alpha value is -2.37. The van der Waals surface area contributed by atoms with E-state index >= 15 is 0 Å². The molecule has 0 bridgehead atoms. The molecule has 0 spiro atoms. The van der Waals surface area contributed by atoms with E-state index in [1.54, 1.807) is 6.20 Å². The number of hydrogen-bond acceptors (Lipinski definition) is 6. The van der Waals surface area contributed by atoms with Crippen LogP contribution in [0.2, 0.25) is 0 Å². The lowest BCUT2D eigenvalue weighted by atomic mass is 10.3. The molecule has 0 unspecified atom stereocenters. The molecular weight excluding hydrogens is 240 g/mol. The molecule has 0 atom stereocenters. The fraction of sp³-hybridized carbons (Fsp3) is 0.308. The largest absolute Gasteiger partial charge is 0.393 e. The normalized spacial score (nSPS) is 10.5. The topological polar surface area (TPSA) is 88.8 Å². The Morgan fingerprint density at radius 2 is 1.89 bits per heavy atom. The Labute approximate surface area is 112 Å². The molecule has 0 saturated heterocycles. The van der Waals surface area contributed by atoms with Crippen LogP contribution in [-0.4, -0.2) is 21.0 Å². The number of aromatic nitrogens is 3. The molecule has 2 heterocycles. The number of nitrogens with zero attached hydrogens (tertiary/aromatic N) is 3. The van der Waals surface area contributed by atoms with Gasteiger partial charge in [0.05, 0.1) is 0 Å². The van der Waals surface area contributed by atoms with Gasteiger partial charge in [0, 0.05) is 12.2 Å². The predicted octanol–water partition coefficient (Wildman–Crippen LogP) is 2.33. The first-order valence-corrected chi connectivity index (χ1v) is 6.13. The third kappa shape index (κ3) is 3.31. The Balaban J connectivity index is 2.25. The molecule has 0 aliphatic carbocycles. The molecule has 0 amide bonds. The second-order valence-electron chi connectivity index (χ2n) is 4.63. The van der Waals surface area contributed by atoms with Crippen molar-refractivity contribution in [3.63, 3.8) is 0 Å². The van der Waals surface area contributed by atoms with Gasteiger partial charge in [0.1, 0.15) is 17.8 Å². The zero-order chi connectivity index (χ0) is 13.8. The minimum Gasteiger partial charge on any atom is -0.393 e. The maximum atomic E-state index is 6.04. The van der Waals surface area contributed by atoms with Gasteiger partial charge < -0.3 is 16.4 Å². The summed E-state index contributed by atoms with van der Waals surface area (Å²) in [5, 5.41) is 6.27. The van der Waals surface area contributed by atoms with E-state index in [0.29, 0.717) is 23.1 Å². The molecule has 100 valence electrons. The SMILES string of the molecule is Cc1ccnc(Nc2ncnc(NC(C)C)c2N)c1. The minimum atomic E-state index is 0.252. The molecule has 0 saturated carbocycles. The number of nitrogen functional groups attached to an aromatic ring is 1. The summed E-state index contributed by atoms with van der Waals surface area (Å²) in [5.41, 5.74) is 7.64. The number of pyridine rings is 1. The van der Waals surface area contributed by atoms with E-state index in [1.807, 2.05) is 32.9 Å². The number of hydrogen-bond donors (Lipinski definition) is 3. The number of nitrogens with one attached hydrogen (secondary N) is 2. The van der Waals surface area contributed by atoms with Crippen LogP contribution in [0.5, 0.6) is 0 Å². The molecule has 2 rings (SSSR count). The van der Waals surface area contributed by atoms with Crippen molar-refractivity contribution in [1.82, 2.24) is 15.0 Å². The summed E-state index contributed by atoms with van der Waals surface area (Å²) < 4.78 is 0. The van der Waals surface area contributed by atoms with Crippen molar-refractivity contribution >= 4 is 23.1 Å². The van der Waals surface area contributed by atoms with Crippen molar-refractivity contribution in [2.75, 3.05) is 16.4 Å². The van der Waals surface area contributed by atoms with Crippen molar-refractivity contribution in [3.05, 3.63) is 30.2 Å².